The SMILES string of the molecule is CN1/C(=C/C=C2\C=CC(=O)c3ncccc32)C=Cc2ccccc21. The second-order valence-corrected chi connectivity index (χ2v) is 5.76. The summed E-state index contributed by atoms with van der Waals surface area (Å²) in [5.41, 5.74) is 5.87. The molecule has 2 aromatic rings. The van der Waals surface area contributed by atoms with Crippen molar-refractivity contribution < 1.29 is 4.79 Å². The number of allylic oxidation sites excluding steroid dienone is 6. The molecular weight excluding hydrogens is 296 g/mol. The molecular formula is C21H16N2O. The van der Waals surface area contributed by atoms with Crippen LogP contribution in [0.15, 0.2) is 78.7 Å². The Labute approximate surface area is 141 Å². The Bertz CT molecular complexity index is 948. The minimum Gasteiger partial charge on any atom is -0.344 e. The molecule has 0 saturated carbocycles. The quantitative estimate of drug-likeness (QED) is 0.788. The van der Waals surface area contributed by atoms with Crippen molar-refractivity contribution >= 4 is 23.1 Å². The lowest BCUT2D eigenvalue weighted by Gasteiger charge is -2.26. The van der Waals surface area contributed by atoms with E-state index in [1.165, 1.54) is 11.3 Å². The lowest BCUT2D eigenvalue weighted by molar-refractivity contribution is 0.104. The first kappa shape index (κ1) is 14.4. The maximum atomic E-state index is 11.9. The number of hydrogen-bond donors (Lipinski definition) is 0. The monoisotopic (exact) mass is 312 g/mol. The summed E-state index contributed by atoms with van der Waals surface area (Å²) < 4.78 is 0. The van der Waals surface area contributed by atoms with Crippen molar-refractivity contribution in [2.24, 2.45) is 0 Å². The number of anilines is 1. The number of para-hydroxylation sites is 1. The van der Waals surface area contributed by atoms with Gasteiger partial charge in [-0.25, -0.2) is 0 Å². The van der Waals surface area contributed by atoms with E-state index < -0.39 is 0 Å². The molecule has 24 heavy (non-hydrogen) atoms. The maximum absolute atomic E-state index is 11.9. The molecule has 0 saturated heterocycles. The zero-order valence-electron chi connectivity index (χ0n) is 13.3. The van der Waals surface area contributed by atoms with E-state index >= 15 is 0 Å². The van der Waals surface area contributed by atoms with Crippen LogP contribution < -0.4 is 4.90 Å². The molecule has 1 aliphatic heterocycles. The fourth-order valence-electron chi connectivity index (χ4n) is 3.02. The number of nitrogens with zero attached hydrogens (tertiary/aromatic N) is 2. The molecule has 3 nitrogen and oxygen atoms in total. The second kappa shape index (κ2) is 5.78. The van der Waals surface area contributed by atoms with E-state index in [4.69, 9.17) is 0 Å². The van der Waals surface area contributed by atoms with Crippen molar-refractivity contribution in [2.45, 2.75) is 0 Å². The van der Waals surface area contributed by atoms with Crippen molar-refractivity contribution in [1.29, 1.82) is 0 Å². The fourth-order valence-corrected chi connectivity index (χ4v) is 3.02. The summed E-state index contributed by atoms with van der Waals surface area (Å²) in [5.74, 6) is -0.0426. The Kier molecular flexibility index (Phi) is 3.47. The molecule has 0 radical (unpaired) electrons. The van der Waals surface area contributed by atoms with Gasteiger partial charge >= 0.3 is 0 Å². The number of likely N-dealkylation sites (N-methyl/N-ethyl adjacent to an activating group) is 1. The average molecular weight is 312 g/mol. The molecule has 1 aromatic heterocycles. The van der Waals surface area contributed by atoms with Gasteiger partial charge in [-0.15, -0.1) is 0 Å². The number of pyridine rings is 1. The highest BCUT2D eigenvalue weighted by Gasteiger charge is 2.17. The Morgan fingerprint density at radius 1 is 0.958 bits per heavy atom. The lowest BCUT2D eigenvalue weighted by atomic mass is 9.95. The summed E-state index contributed by atoms with van der Waals surface area (Å²) in [6.07, 6.45) is 13.4. The van der Waals surface area contributed by atoms with Crippen molar-refractivity contribution in [3.63, 3.8) is 0 Å². The van der Waals surface area contributed by atoms with E-state index in [0.29, 0.717) is 5.69 Å². The molecule has 116 valence electrons. The van der Waals surface area contributed by atoms with E-state index in [1.54, 1.807) is 12.3 Å². The Hall–Kier alpha value is -3.20. The van der Waals surface area contributed by atoms with Crippen LogP contribution in [-0.2, 0) is 0 Å². The third-order valence-electron chi connectivity index (χ3n) is 4.32. The molecule has 0 spiro atoms. The van der Waals surface area contributed by atoms with Gasteiger partial charge in [0.2, 0.25) is 5.78 Å². The molecule has 0 atom stereocenters. The molecule has 0 bridgehead atoms. The van der Waals surface area contributed by atoms with Crippen molar-refractivity contribution in [3.05, 3.63) is 95.5 Å². The standard InChI is InChI=1S/C21H16N2O/c1-23-17(12-9-16-5-2-3-7-19(16)23)11-8-15-10-13-20(24)21-18(15)6-4-14-22-21/h2-14H,1H3/b15-8+,17-11+. The number of rotatable bonds is 1. The number of ketones is 1. The summed E-state index contributed by atoms with van der Waals surface area (Å²) in [6.45, 7) is 0. The highest BCUT2D eigenvalue weighted by atomic mass is 16.1. The summed E-state index contributed by atoms with van der Waals surface area (Å²) in [7, 11) is 2.06. The first-order chi connectivity index (χ1) is 11.7. The average Bonchev–Trinajstić information content (AvgIpc) is 2.63. The lowest BCUT2D eigenvalue weighted by Crippen LogP contribution is -2.18. The molecule has 0 amide bonds. The van der Waals surface area contributed by atoms with Crippen LogP contribution in [0.2, 0.25) is 0 Å². The predicted molar refractivity (Wildman–Crippen MR) is 97.6 cm³/mol. The van der Waals surface area contributed by atoms with Crippen LogP contribution >= 0.6 is 0 Å². The van der Waals surface area contributed by atoms with Crippen LogP contribution in [0.25, 0.3) is 11.6 Å². The number of benzene rings is 1. The first-order valence-corrected chi connectivity index (χ1v) is 7.85. The highest BCUT2D eigenvalue weighted by molar-refractivity contribution is 6.11. The van der Waals surface area contributed by atoms with Crippen LogP contribution in [-0.4, -0.2) is 17.8 Å². The fraction of sp³-hybridized carbons (Fsp3) is 0.0476. The van der Waals surface area contributed by atoms with Gasteiger partial charge in [0.05, 0.1) is 0 Å². The Morgan fingerprint density at radius 3 is 2.75 bits per heavy atom. The maximum Gasteiger partial charge on any atom is 0.204 e. The van der Waals surface area contributed by atoms with Crippen LogP contribution in [0.3, 0.4) is 0 Å². The van der Waals surface area contributed by atoms with Gasteiger partial charge in [-0.3, -0.25) is 9.78 Å². The van der Waals surface area contributed by atoms with Crippen LogP contribution in [0, 0.1) is 0 Å². The predicted octanol–water partition coefficient (Wildman–Crippen LogP) is 4.26. The molecule has 1 aliphatic carbocycles. The third-order valence-corrected chi connectivity index (χ3v) is 4.32. The number of aromatic nitrogens is 1. The Balaban J connectivity index is 1.72. The number of hydrogen-bond acceptors (Lipinski definition) is 3. The third kappa shape index (κ3) is 2.40. The van der Waals surface area contributed by atoms with Gasteiger partial charge in [-0.2, -0.15) is 0 Å². The van der Waals surface area contributed by atoms with E-state index in [-0.39, 0.29) is 5.78 Å². The molecule has 3 heteroatoms. The summed E-state index contributed by atoms with van der Waals surface area (Å²) >= 11 is 0. The summed E-state index contributed by atoms with van der Waals surface area (Å²) in [4.78, 5) is 18.3. The number of carbonyl (C=O) groups is 1. The van der Waals surface area contributed by atoms with Gasteiger partial charge < -0.3 is 4.90 Å². The van der Waals surface area contributed by atoms with Crippen molar-refractivity contribution in [1.82, 2.24) is 4.98 Å². The zero-order valence-corrected chi connectivity index (χ0v) is 13.3. The smallest absolute Gasteiger partial charge is 0.204 e. The molecule has 2 aliphatic rings. The topological polar surface area (TPSA) is 33.2 Å². The first-order valence-electron chi connectivity index (χ1n) is 7.85. The van der Waals surface area contributed by atoms with Gasteiger partial charge in [-0.1, -0.05) is 42.5 Å². The van der Waals surface area contributed by atoms with E-state index in [9.17, 15) is 4.79 Å². The molecule has 1 aromatic carbocycles. The van der Waals surface area contributed by atoms with Crippen LogP contribution in [0.4, 0.5) is 5.69 Å². The largest absolute Gasteiger partial charge is 0.344 e. The second-order valence-electron chi connectivity index (χ2n) is 5.76. The van der Waals surface area contributed by atoms with Crippen molar-refractivity contribution in [3.8, 4) is 0 Å². The minimum absolute atomic E-state index is 0.0426. The molecule has 4 rings (SSSR count). The van der Waals surface area contributed by atoms with Crippen LogP contribution in [0.5, 0.6) is 0 Å². The summed E-state index contributed by atoms with van der Waals surface area (Å²) in [5, 5.41) is 0. The number of carbonyl (C=O) groups excluding carboxylic acids is 1. The zero-order chi connectivity index (χ0) is 16.5. The molecule has 2 heterocycles. The minimum atomic E-state index is -0.0426. The van der Waals surface area contributed by atoms with Crippen LogP contribution in [0.1, 0.15) is 21.6 Å². The van der Waals surface area contributed by atoms with Gasteiger partial charge in [0.15, 0.2) is 0 Å². The molecule has 0 N–H and O–H groups in total. The van der Waals surface area contributed by atoms with Gasteiger partial charge in [0.25, 0.3) is 0 Å². The van der Waals surface area contributed by atoms with Gasteiger partial charge in [0.1, 0.15) is 5.69 Å². The molecule has 0 fully saturated rings. The van der Waals surface area contributed by atoms with Gasteiger partial charge in [-0.05, 0) is 41.5 Å². The van der Waals surface area contributed by atoms with E-state index in [0.717, 1.165) is 16.8 Å². The van der Waals surface area contributed by atoms with E-state index in [1.807, 2.05) is 36.4 Å². The normalized spacial score (nSPS) is 18.9. The van der Waals surface area contributed by atoms with E-state index in [2.05, 4.69) is 47.3 Å². The number of fused-ring (bicyclic) bond motifs is 2. The van der Waals surface area contributed by atoms with Crippen molar-refractivity contribution in [2.75, 3.05) is 11.9 Å². The summed E-state index contributed by atoms with van der Waals surface area (Å²) in [6, 6.07) is 12.1. The van der Waals surface area contributed by atoms with Gasteiger partial charge in [0, 0.05) is 30.2 Å². The Morgan fingerprint density at radius 2 is 1.83 bits per heavy atom. The highest BCUT2D eigenvalue weighted by Crippen LogP contribution is 2.30. The molecule has 0 unspecified atom stereocenters.